The van der Waals surface area contributed by atoms with Gasteiger partial charge in [0.1, 0.15) is 35.8 Å². The summed E-state index contributed by atoms with van der Waals surface area (Å²) in [5.74, 6) is -1.82. The number of carbonyl (C=O) groups is 6. The van der Waals surface area contributed by atoms with Crippen LogP contribution in [0.1, 0.15) is 158 Å². The van der Waals surface area contributed by atoms with Gasteiger partial charge in [0, 0.05) is 79.1 Å². The van der Waals surface area contributed by atoms with Crippen molar-refractivity contribution >= 4 is 75.0 Å². The van der Waals surface area contributed by atoms with Crippen molar-refractivity contribution in [3.63, 3.8) is 0 Å². The van der Waals surface area contributed by atoms with E-state index in [1.54, 1.807) is 39.5 Å². The van der Waals surface area contributed by atoms with Gasteiger partial charge in [0.05, 0.1) is 96.9 Å². The minimum Gasteiger partial charge on any atom is -0.491 e. The van der Waals surface area contributed by atoms with Crippen LogP contribution in [0.3, 0.4) is 0 Å². The highest BCUT2D eigenvalue weighted by Gasteiger charge is 2.57. The molecule has 3 aromatic heterocycles. The molecule has 23 nitrogen and oxygen atoms in total. The van der Waals surface area contributed by atoms with Crippen molar-refractivity contribution in [3.05, 3.63) is 100 Å². The van der Waals surface area contributed by atoms with Crippen LogP contribution in [0.4, 0.5) is 26.0 Å². The monoisotopic (exact) mass is 1420 g/mol. The molecule has 12 rings (SSSR count). The molecule has 26 heteroatoms. The quantitative estimate of drug-likeness (QED) is 0.0286. The maximum Gasteiger partial charge on any atom is 0.258 e. The summed E-state index contributed by atoms with van der Waals surface area (Å²) in [4.78, 5) is 106. The molecule has 3 aromatic carbocycles. The van der Waals surface area contributed by atoms with Gasteiger partial charge in [0.15, 0.2) is 11.5 Å². The van der Waals surface area contributed by atoms with Gasteiger partial charge < -0.3 is 69.5 Å². The number of anilines is 3. The molecule has 5 fully saturated rings. The standard InChI is InChI=1S/C76H98F2N12O11S/c1-45(2)82-69(93)55-39-59(57(77)33-47(55)5)84-68-65-60(80-43-89(65)46(3)4)40-58(83-68)49-15-16-56-61(34-49)90(53-36-52(37-53)86-22-11-10-12-23-86)73(97)75(56)20-24-87(25-21-75)64(92)17-26-98-27-28-99-29-30-100-31-32-101-63-35-50(66-48(6)81-44-102-66)13-14-51(63)41-79-70(94)62-38-54(91)42-88(62)71(95)67(74(7,8)9)85-72(96)76(78)18-19-76/h13-16,33-35,39-40,43-46,52-54,62,67,91H,10-12,17-32,36-38,41-42H2,1-9H3,(H,79,94)(H,82,93)(H,83,84)(H,85,96)/t52?,53?,54-,62+,67-/m0/s1. The fraction of sp³-hybridized carbons (Fsp3) is 0.566. The van der Waals surface area contributed by atoms with E-state index >= 15 is 9.18 Å². The fourth-order valence-corrected chi connectivity index (χ4v) is 15.7. The van der Waals surface area contributed by atoms with E-state index in [2.05, 4.69) is 48.2 Å². The van der Waals surface area contributed by atoms with Crippen LogP contribution in [-0.2, 0) is 50.1 Å². The molecule has 0 bridgehead atoms. The lowest BCUT2D eigenvalue weighted by Crippen LogP contribution is -2.59. The maximum atomic E-state index is 16.0. The second-order valence-electron chi connectivity index (χ2n) is 30.0. The predicted octanol–water partition coefficient (Wildman–Crippen LogP) is 9.79. The van der Waals surface area contributed by atoms with Crippen molar-refractivity contribution in [2.24, 2.45) is 5.41 Å². The zero-order chi connectivity index (χ0) is 72.4. The molecule has 6 amide bonds. The number of aliphatic hydroxyl groups excluding tert-OH is 1. The number of pyridine rings is 1. The number of hydrogen-bond donors (Lipinski definition) is 5. The maximum absolute atomic E-state index is 16.0. The number of likely N-dealkylation sites (tertiary alicyclic amines) is 3. The number of β-amino-alcohol motifs (C(OH)–C–C–N with tert-alkyl or cyclic N) is 1. The Balaban J connectivity index is 0.620. The first-order valence-corrected chi connectivity index (χ1v) is 37.1. The first kappa shape index (κ1) is 73.7. The first-order valence-electron chi connectivity index (χ1n) is 36.2. The zero-order valence-electron chi connectivity index (χ0n) is 60.1. The number of nitrogens with zero attached hydrogens (tertiary/aromatic N) is 8. The Morgan fingerprint density at radius 1 is 0.794 bits per heavy atom. The Bertz CT molecular complexity index is 4080. The van der Waals surface area contributed by atoms with Crippen LogP contribution in [0.15, 0.2) is 66.4 Å². The lowest BCUT2D eigenvalue weighted by molar-refractivity contribution is -0.145. The number of alkyl halides is 1. The van der Waals surface area contributed by atoms with E-state index in [0.717, 1.165) is 58.9 Å². The third kappa shape index (κ3) is 16.0. The van der Waals surface area contributed by atoms with Crippen molar-refractivity contribution in [1.82, 2.24) is 50.2 Å². The molecule has 3 saturated heterocycles. The van der Waals surface area contributed by atoms with Gasteiger partial charge in [-0.25, -0.2) is 23.7 Å². The Morgan fingerprint density at radius 3 is 2.16 bits per heavy atom. The summed E-state index contributed by atoms with van der Waals surface area (Å²) < 4.78 is 56.5. The van der Waals surface area contributed by atoms with E-state index in [1.807, 2.05) is 74.4 Å². The number of nitrogens with one attached hydrogen (secondary N) is 4. The van der Waals surface area contributed by atoms with E-state index in [1.165, 1.54) is 47.6 Å². The number of amides is 6. The SMILES string of the molecule is Cc1cc(F)c(Nc2nc(-c3ccc4c(c3)N(C3CC(N5CCCCC5)C3)C(=O)C43CCN(C(=O)CCOCCOCCOCCOc4cc(-c5scnc5C)ccc4CNC(=O)[C@H]4C[C@H](O)CN4C(=O)[C@H](NC(=O)C4(F)CC4)C(C)(C)C)CC3)cc3ncn(C(C)C)c23)cc1C(=O)NC(C)C. The number of aliphatic hydroxyl groups is 1. The number of thiazole rings is 1. The van der Waals surface area contributed by atoms with E-state index in [4.69, 9.17) is 28.9 Å². The van der Waals surface area contributed by atoms with Crippen LogP contribution in [0.25, 0.3) is 32.7 Å². The lowest BCUT2D eigenvalue weighted by atomic mass is 9.73. The molecule has 2 saturated carbocycles. The lowest BCUT2D eigenvalue weighted by Gasteiger charge is -2.48. The van der Waals surface area contributed by atoms with Gasteiger partial charge >= 0.3 is 0 Å². The van der Waals surface area contributed by atoms with Crippen molar-refractivity contribution in [2.45, 2.75) is 193 Å². The summed E-state index contributed by atoms with van der Waals surface area (Å²) in [7, 11) is 0. The van der Waals surface area contributed by atoms with Crippen molar-refractivity contribution < 1.29 is 61.6 Å². The number of piperidine rings is 2. The number of rotatable bonds is 28. The van der Waals surface area contributed by atoms with Crippen LogP contribution in [0, 0.1) is 25.1 Å². The van der Waals surface area contributed by atoms with E-state index in [-0.39, 0.29) is 120 Å². The molecule has 0 unspecified atom stereocenters. The molecule has 6 aliphatic rings. The summed E-state index contributed by atoms with van der Waals surface area (Å²) in [6.45, 7) is 21.4. The highest BCUT2D eigenvalue weighted by molar-refractivity contribution is 7.13. The molecule has 0 radical (unpaired) electrons. The van der Waals surface area contributed by atoms with Crippen LogP contribution in [0.5, 0.6) is 5.75 Å². The summed E-state index contributed by atoms with van der Waals surface area (Å²) in [6, 6.07) is 14.8. The first-order chi connectivity index (χ1) is 48.8. The molecule has 6 aromatic rings. The molecule has 7 heterocycles. The number of carbonyl (C=O) groups excluding carboxylic acids is 6. The van der Waals surface area contributed by atoms with Gasteiger partial charge in [0.25, 0.3) is 11.8 Å². The van der Waals surface area contributed by atoms with Gasteiger partial charge in [-0.1, -0.05) is 51.5 Å². The van der Waals surface area contributed by atoms with E-state index in [9.17, 15) is 33.5 Å². The normalized spacial score (nSPS) is 20.5. The zero-order valence-corrected chi connectivity index (χ0v) is 61.0. The number of aromatic nitrogens is 4. The van der Waals surface area contributed by atoms with Crippen LogP contribution >= 0.6 is 11.3 Å². The molecule has 3 atom stereocenters. The average molecular weight is 1430 g/mol. The Morgan fingerprint density at radius 2 is 1.49 bits per heavy atom. The largest absolute Gasteiger partial charge is 0.491 e. The number of imidazole rings is 1. The molecule has 5 N–H and O–H groups in total. The number of hydrogen-bond acceptors (Lipinski definition) is 17. The minimum atomic E-state index is -2.00. The molecule has 1 spiro atoms. The van der Waals surface area contributed by atoms with E-state index < -0.39 is 58.2 Å². The summed E-state index contributed by atoms with van der Waals surface area (Å²) >= 11 is 1.49. The number of fused-ring (bicyclic) bond motifs is 3. The molecule has 4 aliphatic heterocycles. The third-order valence-corrected chi connectivity index (χ3v) is 21.9. The van der Waals surface area contributed by atoms with Crippen LogP contribution in [0.2, 0.25) is 0 Å². The van der Waals surface area contributed by atoms with Crippen molar-refractivity contribution in [2.75, 3.05) is 89.2 Å². The highest BCUT2D eigenvalue weighted by Crippen LogP contribution is 2.53. The minimum absolute atomic E-state index is 0.00203. The molecule has 548 valence electrons. The molecular formula is C76H98F2N12O11S. The predicted molar refractivity (Wildman–Crippen MR) is 385 cm³/mol. The third-order valence-electron chi connectivity index (χ3n) is 20.9. The van der Waals surface area contributed by atoms with Crippen molar-refractivity contribution in [3.8, 4) is 27.4 Å². The highest BCUT2D eigenvalue weighted by atomic mass is 32.1. The number of halogens is 2. The Hall–Kier alpha value is -8.01. The van der Waals surface area contributed by atoms with Gasteiger partial charge in [-0.3, -0.25) is 28.8 Å². The van der Waals surface area contributed by atoms with Crippen LogP contribution in [-0.4, -0.2) is 196 Å². The summed E-state index contributed by atoms with van der Waals surface area (Å²) in [5, 5.41) is 22.4. The Labute approximate surface area is 599 Å². The van der Waals surface area contributed by atoms with E-state index in [0.29, 0.717) is 83.6 Å². The summed E-state index contributed by atoms with van der Waals surface area (Å²) in [5.41, 5.74) is 6.01. The second kappa shape index (κ2) is 31.1. The fourth-order valence-electron chi connectivity index (χ4n) is 14.9. The number of benzene rings is 3. The van der Waals surface area contributed by atoms with Gasteiger partial charge in [-0.2, -0.15) is 0 Å². The van der Waals surface area contributed by atoms with Gasteiger partial charge in [-0.15, -0.1) is 11.3 Å². The smallest absolute Gasteiger partial charge is 0.258 e. The second-order valence-corrected chi connectivity index (χ2v) is 30.8. The van der Waals surface area contributed by atoms with Gasteiger partial charge in [-0.05, 0) is 158 Å². The summed E-state index contributed by atoms with van der Waals surface area (Å²) in [6.07, 6.45) is 7.47. The number of ether oxygens (including phenoxy) is 4. The number of aryl methyl sites for hydroxylation is 2. The average Bonchev–Trinajstić information content (AvgIpc) is 1.55. The Kier molecular flexibility index (Phi) is 22.5. The van der Waals surface area contributed by atoms with Gasteiger partial charge in [0.2, 0.25) is 23.6 Å². The molecular weight excluding hydrogens is 1330 g/mol. The van der Waals surface area contributed by atoms with Crippen LogP contribution < -0.4 is 30.9 Å². The topological polar surface area (TPSA) is 264 Å². The molecule has 102 heavy (non-hydrogen) atoms. The molecule has 2 aliphatic carbocycles. The van der Waals surface area contributed by atoms with Crippen molar-refractivity contribution in [1.29, 1.82) is 0 Å².